The molecule has 0 saturated carbocycles. The first-order valence-corrected chi connectivity index (χ1v) is 8.72. The average Bonchev–Trinajstić information content (AvgIpc) is 3.11. The number of aliphatic imine (C=N–C) groups is 1. The molecule has 0 bridgehead atoms. The standard InChI is InChI=1S/C19H29N3O2/c1-3-20-19(22-17-7-4-5-8-17)21-13-6-14-24-15-16-9-11-18(23-2)12-10-16/h4-5,9-12,17H,3,6-8,13-15H2,1-2H3,(H2,20,21,22). The van der Waals surface area contributed by atoms with E-state index in [0.29, 0.717) is 19.3 Å². The number of guanidine groups is 1. The zero-order chi connectivity index (χ0) is 17.0. The molecule has 0 aliphatic heterocycles. The molecule has 5 heteroatoms. The van der Waals surface area contributed by atoms with Crippen LogP contribution in [0.3, 0.4) is 0 Å². The molecule has 2 N–H and O–H groups in total. The molecule has 0 spiro atoms. The van der Waals surface area contributed by atoms with Gasteiger partial charge in [0.2, 0.25) is 0 Å². The van der Waals surface area contributed by atoms with Crippen LogP contribution in [-0.2, 0) is 11.3 Å². The topological polar surface area (TPSA) is 54.9 Å². The number of hydrogen-bond donors (Lipinski definition) is 2. The lowest BCUT2D eigenvalue weighted by Crippen LogP contribution is -2.42. The fourth-order valence-corrected chi connectivity index (χ4v) is 2.52. The minimum atomic E-state index is 0.481. The van der Waals surface area contributed by atoms with Crippen LogP contribution in [0.15, 0.2) is 41.4 Å². The van der Waals surface area contributed by atoms with Gasteiger partial charge in [-0.3, -0.25) is 4.99 Å². The number of methoxy groups -OCH3 is 1. The van der Waals surface area contributed by atoms with E-state index in [-0.39, 0.29) is 0 Å². The van der Waals surface area contributed by atoms with Crippen molar-refractivity contribution in [3.05, 3.63) is 42.0 Å². The summed E-state index contributed by atoms with van der Waals surface area (Å²) in [5, 5.41) is 6.76. The van der Waals surface area contributed by atoms with Crippen LogP contribution in [0.4, 0.5) is 0 Å². The fraction of sp³-hybridized carbons (Fsp3) is 0.526. The fourth-order valence-electron chi connectivity index (χ4n) is 2.52. The van der Waals surface area contributed by atoms with E-state index in [1.165, 1.54) is 0 Å². The molecule has 1 aromatic carbocycles. The zero-order valence-electron chi connectivity index (χ0n) is 14.8. The Bertz CT molecular complexity index is 518. The van der Waals surface area contributed by atoms with Crippen LogP contribution in [0.5, 0.6) is 5.75 Å². The van der Waals surface area contributed by atoms with Crippen LogP contribution in [0.1, 0.15) is 31.7 Å². The monoisotopic (exact) mass is 331 g/mol. The van der Waals surface area contributed by atoms with Crippen molar-refractivity contribution in [3.8, 4) is 5.75 Å². The number of nitrogens with one attached hydrogen (secondary N) is 2. The van der Waals surface area contributed by atoms with E-state index in [4.69, 9.17) is 9.47 Å². The molecule has 2 rings (SSSR count). The molecule has 0 saturated heterocycles. The average molecular weight is 331 g/mol. The van der Waals surface area contributed by atoms with Gasteiger partial charge in [-0.05, 0) is 43.9 Å². The summed E-state index contributed by atoms with van der Waals surface area (Å²) in [6.07, 6.45) is 7.50. The molecule has 0 atom stereocenters. The van der Waals surface area contributed by atoms with Crippen molar-refractivity contribution in [3.63, 3.8) is 0 Å². The second kappa shape index (κ2) is 10.7. The van der Waals surface area contributed by atoms with Crippen LogP contribution < -0.4 is 15.4 Å². The molecule has 24 heavy (non-hydrogen) atoms. The molecule has 1 aliphatic rings. The summed E-state index contributed by atoms with van der Waals surface area (Å²) >= 11 is 0. The zero-order valence-corrected chi connectivity index (χ0v) is 14.8. The van der Waals surface area contributed by atoms with Crippen LogP contribution in [0.25, 0.3) is 0 Å². The van der Waals surface area contributed by atoms with Gasteiger partial charge in [-0.1, -0.05) is 24.3 Å². The van der Waals surface area contributed by atoms with Gasteiger partial charge in [-0.15, -0.1) is 0 Å². The Hall–Kier alpha value is -2.01. The minimum absolute atomic E-state index is 0.481. The third kappa shape index (κ3) is 6.62. The van der Waals surface area contributed by atoms with Crippen molar-refractivity contribution >= 4 is 5.96 Å². The molecule has 5 nitrogen and oxygen atoms in total. The Morgan fingerprint density at radius 3 is 2.62 bits per heavy atom. The molecule has 132 valence electrons. The van der Waals surface area contributed by atoms with Gasteiger partial charge in [0.1, 0.15) is 5.75 Å². The van der Waals surface area contributed by atoms with Crippen LogP contribution in [0, 0.1) is 0 Å². The van der Waals surface area contributed by atoms with Crippen molar-refractivity contribution in [2.75, 3.05) is 26.8 Å². The Labute approximate surface area is 145 Å². The highest BCUT2D eigenvalue weighted by molar-refractivity contribution is 5.80. The predicted molar refractivity (Wildman–Crippen MR) is 98.5 cm³/mol. The van der Waals surface area contributed by atoms with Crippen LogP contribution >= 0.6 is 0 Å². The maximum Gasteiger partial charge on any atom is 0.191 e. The molecule has 0 heterocycles. The highest BCUT2D eigenvalue weighted by Crippen LogP contribution is 2.12. The summed E-state index contributed by atoms with van der Waals surface area (Å²) in [4.78, 5) is 4.61. The highest BCUT2D eigenvalue weighted by atomic mass is 16.5. The van der Waals surface area contributed by atoms with Gasteiger partial charge in [-0.2, -0.15) is 0 Å². The first-order chi connectivity index (χ1) is 11.8. The SMILES string of the molecule is CCNC(=NCCCOCc1ccc(OC)cc1)NC1CC=CC1. The number of hydrogen-bond acceptors (Lipinski definition) is 3. The lowest BCUT2D eigenvalue weighted by atomic mass is 10.2. The van der Waals surface area contributed by atoms with E-state index >= 15 is 0 Å². The predicted octanol–water partition coefficient (Wildman–Crippen LogP) is 2.88. The Kier molecular flexibility index (Phi) is 8.18. The normalized spacial score (nSPS) is 14.8. The summed E-state index contributed by atoms with van der Waals surface area (Å²) in [5.41, 5.74) is 1.16. The van der Waals surface area contributed by atoms with E-state index < -0.39 is 0 Å². The third-order valence-corrected chi connectivity index (χ3v) is 3.84. The van der Waals surface area contributed by atoms with Crippen molar-refractivity contribution < 1.29 is 9.47 Å². The highest BCUT2D eigenvalue weighted by Gasteiger charge is 2.11. The lowest BCUT2D eigenvalue weighted by Gasteiger charge is -2.16. The van der Waals surface area contributed by atoms with Gasteiger partial charge in [0.05, 0.1) is 13.7 Å². The van der Waals surface area contributed by atoms with Crippen molar-refractivity contribution in [1.82, 2.24) is 10.6 Å². The number of benzene rings is 1. The van der Waals surface area contributed by atoms with Crippen molar-refractivity contribution in [2.45, 2.75) is 38.8 Å². The smallest absolute Gasteiger partial charge is 0.191 e. The van der Waals surface area contributed by atoms with E-state index in [0.717, 1.165) is 49.6 Å². The molecular weight excluding hydrogens is 302 g/mol. The molecule has 0 unspecified atom stereocenters. The molecule has 1 aromatic rings. The van der Waals surface area contributed by atoms with E-state index in [9.17, 15) is 0 Å². The summed E-state index contributed by atoms with van der Waals surface area (Å²) < 4.78 is 10.9. The van der Waals surface area contributed by atoms with Gasteiger partial charge in [0.25, 0.3) is 0 Å². The lowest BCUT2D eigenvalue weighted by molar-refractivity contribution is 0.120. The molecule has 0 radical (unpaired) electrons. The maximum atomic E-state index is 5.71. The third-order valence-electron chi connectivity index (χ3n) is 3.84. The summed E-state index contributed by atoms with van der Waals surface area (Å²) in [7, 11) is 1.67. The number of nitrogens with zero attached hydrogens (tertiary/aromatic N) is 1. The Morgan fingerprint density at radius 2 is 1.96 bits per heavy atom. The number of ether oxygens (including phenoxy) is 2. The first kappa shape index (κ1) is 18.3. The second-order valence-corrected chi connectivity index (χ2v) is 5.80. The maximum absolute atomic E-state index is 5.71. The summed E-state index contributed by atoms with van der Waals surface area (Å²) in [6.45, 7) is 5.06. The Morgan fingerprint density at radius 1 is 1.21 bits per heavy atom. The first-order valence-electron chi connectivity index (χ1n) is 8.72. The van der Waals surface area contributed by atoms with Gasteiger partial charge in [0, 0.05) is 25.7 Å². The van der Waals surface area contributed by atoms with Crippen LogP contribution in [0.2, 0.25) is 0 Å². The largest absolute Gasteiger partial charge is 0.497 e. The van der Waals surface area contributed by atoms with E-state index in [1.54, 1.807) is 7.11 Å². The van der Waals surface area contributed by atoms with Crippen LogP contribution in [-0.4, -0.2) is 38.8 Å². The molecule has 0 aromatic heterocycles. The van der Waals surface area contributed by atoms with E-state index in [1.807, 2.05) is 24.3 Å². The van der Waals surface area contributed by atoms with Gasteiger partial charge in [0.15, 0.2) is 5.96 Å². The van der Waals surface area contributed by atoms with Gasteiger partial charge < -0.3 is 20.1 Å². The van der Waals surface area contributed by atoms with Gasteiger partial charge in [-0.25, -0.2) is 0 Å². The quantitative estimate of drug-likeness (QED) is 0.316. The molecule has 0 fully saturated rings. The summed E-state index contributed by atoms with van der Waals surface area (Å²) in [6, 6.07) is 8.44. The second-order valence-electron chi connectivity index (χ2n) is 5.80. The number of rotatable bonds is 9. The van der Waals surface area contributed by atoms with Crippen molar-refractivity contribution in [1.29, 1.82) is 0 Å². The summed E-state index contributed by atoms with van der Waals surface area (Å²) in [5.74, 6) is 1.77. The molecule has 1 aliphatic carbocycles. The molecule has 0 amide bonds. The minimum Gasteiger partial charge on any atom is -0.497 e. The van der Waals surface area contributed by atoms with Gasteiger partial charge >= 0.3 is 0 Å². The Balaban J connectivity index is 1.62. The molecular formula is C19H29N3O2. The van der Waals surface area contributed by atoms with E-state index in [2.05, 4.69) is 34.7 Å². The van der Waals surface area contributed by atoms with Crippen molar-refractivity contribution in [2.24, 2.45) is 4.99 Å².